The highest BCUT2D eigenvalue weighted by atomic mass is 16.5. The highest BCUT2D eigenvalue weighted by molar-refractivity contribution is 5.81. The van der Waals surface area contributed by atoms with Crippen molar-refractivity contribution in [3.8, 4) is 0 Å². The third-order valence-electron chi connectivity index (χ3n) is 3.58. The number of aryl methyl sites for hydroxylation is 2. The van der Waals surface area contributed by atoms with Crippen molar-refractivity contribution in [2.45, 2.75) is 26.9 Å². The molecule has 0 aliphatic rings. The predicted molar refractivity (Wildman–Crippen MR) is 74.9 cm³/mol. The summed E-state index contributed by atoms with van der Waals surface area (Å²) >= 11 is 0. The summed E-state index contributed by atoms with van der Waals surface area (Å²) in [5.41, 5.74) is 10.2. The lowest BCUT2D eigenvalue weighted by atomic mass is 10.1. The second kappa shape index (κ2) is 4.55. The molecular formula is C15H17N3O. The van der Waals surface area contributed by atoms with Gasteiger partial charge in [0.2, 0.25) is 0 Å². The molecular weight excluding hydrogens is 238 g/mol. The summed E-state index contributed by atoms with van der Waals surface area (Å²) in [4.78, 5) is 0. The molecule has 4 heteroatoms. The minimum Gasteiger partial charge on any atom is -0.361 e. The van der Waals surface area contributed by atoms with E-state index in [0.717, 1.165) is 29.1 Å². The number of nitrogens with zero attached hydrogens (tertiary/aromatic N) is 2. The Morgan fingerprint density at radius 1 is 1.26 bits per heavy atom. The summed E-state index contributed by atoms with van der Waals surface area (Å²) in [5.74, 6) is 0.884. The van der Waals surface area contributed by atoms with Crippen LogP contribution in [0.15, 0.2) is 35.0 Å². The molecule has 0 saturated carbocycles. The van der Waals surface area contributed by atoms with Gasteiger partial charge in [0.25, 0.3) is 0 Å². The van der Waals surface area contributed by atoms with E-state index in [1.54, 1.807) is 0 Å². The number of benzene rings is 1. The molecule has 2 N–H and O–H groups in total. The molecule has 3 rings (SSSR count). The molecule has 0 atom stereocenters. The molecule has 4 nitrogen and oxygen atoms in total. The molecule has 1 aromatic carbocycles. The molecule has 0 aliphatic heterocycles. The Bertz CT molecular complexity index is 705. The molecule has 0 bridgehead atoms. The second-order valence-corrected chi connectivity index (χ2v) is 4.84. The maximum atomic E-state index is 5.71. The maximum Gasteiger partial charge on any atom is 0.138 e. The average Bonchev–Trinajstić information content (AvgIpc) is 2.97. The van der Waals surface area contributed by atoms with Gasteiger partial charge in [-0.25, -0.2) is 0 Å². The van der Waals surface area contributed by atoms with Crippen molar-refractivity contribution in [2.24, 2.45) is 5.73 Å². The number of hydrogen-bond donors (Lipinski definition) is 1. The van der Waals surface area contributed by atoms with E-state index in [1.807, 2.05) is 13.8 Å². The van der Waals surface area contributed by atoms with Crippen LogP contribution in [0.5, 0.6) is 0 Å². The Kier molecular flexibility index (Phi) is 2.87. The fourth-order valence-electron chi connectivity index (χ4n) is 2.39. The molecule has 0 aliphatic carbocycles. The van der Waals surface area contributed by atoms with E-state index in [1.165, 1.54) is 10.9 Å². The summed E-state index contributed by atoms with van der Waals surface area (Å²) in [6.07, 6.45) is 2.09. The van der Waals surface area contributed by atoms with Crippen molar-refractivity contribution in [2.75, 3.05) is 0 Å². The summed E-state index contributed by atoms with van der Waals surface area (Å²) < 4.78 is 7.43. The summed E-state index contributed by atoms with van der Waals surface area (Å²) in [5, 5.41) is 5.23. The first-order valence-electron chi connectivity index (χ1n) is 6.38. The van der Waals surface area contributed by atoms with E-state index >= 15 is 0 Å². The van der Waals surface area contributed by atoms with Crippen LogP contribution in [0.2, 0.25) is 0 Å². The van der Waals surface area contributed by atoms with Crippen molar-refractivity contribution in [3.05, 3.63) is 53.0 Å². The van der Waals surface area contributed by atoms with Gasteiger partial charge >= 0.3 is 0 Å². The Labute approximate surface area is 111 Å². The first-order chi connectivity index (χ1) is 9.19. The maximum absolute atomic E-state index is 5.71. The fraction of sp³-hybridized carbons (Fsp3) is 0.267. The first-order valence-corrected chi connectivity index (χ1v) is 6.38. The monoisotopic (exact) mass is 255 g/mol. The van der Waals surface area contributed by atoms with Gasteiger partial charge in [0.1, 0.15) is 5.76 Å². The van der Waals surface area contributed by atoms with E-state index in [0.29, 0.717) is 6.54 Å². The van der Waals surface area contributed by atoms with Crippen molar-refractivity contribution in [1.29, 1.82) is 0 Å². The van der Waals surface area contributed by atoms with E-state index < -0.39 is 0 Å². The third kappa shape index (κ3) is 2.04. The lowest BCUT2D eigenvalue weighted by molar-refractivity contribution is 0.392. The average molecular weight is 255 g/mol. The van der Waals surface area contributed by atoms with Crippen LogP contribution in [0.25, 0.3) is 10.9 Å². The van der Waals surface area contributed by atoms with Gasteiger partial charge in [-0.15, -0.1) is 0 Å². The van der Waals surface area contributed by atoms with Crippen molar-refractivity contribution in [1.82, 2.24) is 9.72 Å². The van der Waals surface area contributed by atoms with Crippen LogP contribution in [-0.2, 0) is 13.1 Å². The number of aromatic nitrogens is 2. The highest BCUT2D eigenvalue weighted by Gasteiger charge is 2.11. The van der Waals surface area contributed by atoms with Gasteiger partial charge < -0.3 is 14.8 Å². The van der Waals surface area contributed by atoms with Gasteiger partial charge in [0.15, 0.2) is 0 Å². The Hall–Kier alpha value is -2.07. The normalized spacial score (nSPS) is 11.3. The quantitative estimate of drug-likeness (QED) is 0.783. The molecule has 0 unspecified atom stereocenters. The van der Waals surface area contributed by atoms with Gasteiger partial charge in [-0.2, -0.15) is 0 Å². The SMILES string of the molecule is Cc1noc(C)c1Cn1ccc2ccc(CN)cc21. The number of fused-ring (bicyclic) bond motifs is 1. The molecule has 0 saturated heterocycles. The summed E-state index contributed by atoms with van der Waals surface area (Å²) in [6, 6.07) is 8.45. The molecule has 0 spiro atoms. The number of hydrogen-bond acceptors (Lipinski definition) is 3. The van der Waals surface area contributed by atoms with Crippen molar-refractivity contribution < 1.29 is 4.52 Å². The molecule has 3 aromatic rings. The minimum atomic E-state index is 0.562. The largest absolute Gasteiger partial charge is 0.361 e. The van der Waals surface area contributed by atoms with E-state index in [2.05, 4.69) is 40.2 Å². The fourth-order valence-corrected chi connectivity index (χ4v) is 2.39. The van der Waals surface area contributed by atoms with E-state index in [9.17, 15) is 0 Å². The van der Waals surface area contributed by atoms with E-state index in [-0.39, 0.29) is 0 Å². The summed E-state index contributed by atoms with van der Waals surface area (Å²) in [7, 11) is 0. The molecule has 0 radical (unpaired) electrons. The lowest BCUT2D eigenvalue weighted by Crippen LogP contribution is -2.01. The molecule has 0 amide bonds. The molecule has 2 aromatic heterocycles. The van der Waals surface area contributed by atoms with Gasteiger partial charge in [-0.05, 0) is 36.9 Å². The smallest absolute Gasteiger partial charge is 0.138 e. The Morgan fingerprint density at radius 2 is 2.11 bits per heavy atom. The Balaban J connectivity index is 2.05. The second-order valence-electron chi connectivity index (χ2n) is 4.84. The predicted octanol–water partition coefficient (Wildman–Crippen LogP) is 2.75. The lowest BCUT2D eigenvalue weighted by Gasteiger charge is -2.06. The van der Waals surface area contributed by atoms with Crippen LogP contribution in [0.1, 0.15) is 22.6 Å². The van der Waals surface area contributed by atoms with Gasteiger partial charge in [-0.1, -0.05) is 17.3 Å². The van der Waals surface area contributed by atoms with Gasteiger partial charge in [0.05, 0.1) is 12.2 Å². The van der Waals surface area contributed by atoms with Crippen LogP contribution >= 0.6 is 0 Å². The topological polar surface area (TPSA) is 57.0 Å². The van der Waals surface area contributed by atoms with Crippen LogP contribution in [0.3, 0.4) is 0 Å². The van der Waals surface area contributed by atoms with Gasteiger partial charge in [0, 0.05) is 23.8 Å². The van der Waals surface area contributed by atoms with Crippen LogP contribution in [-0.4, -0.2) is 9.72 Å². The Morgan fingerprint density at radius 3 is 2.79 bits per heavy atom. The molecule has 0 fully saturated rings. The van der Waals surface area contributed by atoms with Crippen molar-refractivity contribution in [3.63, 3.8) is 0 Å². The van der Waals surface area contributed by atoms with Crippen LogP contribution in [0.4, 0.5) is 0 Å². The highest BCUT2D eigenvalue weighted by Crippen LogP contribution is 2.21. The van der Waals surface area contributed by atoms with Crippen LogP contribution in [0, 0.1) is 13.8 Å². The van der Waals surface area contributed by atoms with Crippen LogP contribution < -0.4 is 5.73 Å². The van der Waals surface area contributed by atoms with Gasteiger partial charge in [-0.3, -0.25) is 0 Å². The molecule has 2 heterocycles. The number of nitrogens with two attached hydrogens (primary N) is 1. The van der Waals surface area contributed by atoms with Crippen molar-refractivity contribution >= 4 is 10.9 Å². The third-order valence-corrected chi connectivity index (χ3v) is 3.58. The zero-order chi connectivity index (χ0) is 13.4. The number of rotatable bonds is 3. The zero-order valence-corrected chi connectivity index (χ0v) is 11.2. The van der Waals surface area contributed by atoms with E-state index in [4.69, 9.17) is 10.3 Å². The summed E-state index contributed by atoms with van der Waals surface area (Å²) in [6.45, 7) is 5.26. The minimum absolute atomic E-state index is 0.562. The molecule has 98 valence electrons. The molecule has 19 heavy (non-hydrogen) atoms. The first kappa shape index (κ1) is 12.0. The zero-order valence-electron chi connectivity index (χ0n) is 11.2. The standard InChI is InChI=1S/C15H17N3O/c1-10-14(11(2)19-17-10)9-18-6-5-13-4-3-12(8-16)7-15(13)18/h3-7H,8-9,16H2,1-2H3.